The van der Waals surface area contributed by atoms with Crippen molar-refractivity contribution >= 4 is 12.1 Å². The summed E-state index contributed by atoms with van der Waals surface area (Å²) in [5, 5.41) is 2.27. The molecule has 5 heteroatoms. The first kappa shape index (κ1) is 12.3. The highest BCUT2D eigenvalue weighted by atomic mass is 16.6. The highest BCUT2D eigenvalue weighted by Gasteiger charge is 2.16. The van der Waals surface area contributed by atoms with E-state index < -0.39 is 18.1 Å². The van der Waals surface area contributed by atoms with Crippen LogP contribution in [-0.2, 0) is 14.3 Å². The van der Waals surface area contributed by atoms with Crippen LogP contribution in [0.1, 0.15) is 13.8 Å². The van der Waals surface area contributed by atoms with Crippen LogP contribution in [0.3, 0.4) is 0 Å². The summed E-state index contributed by atoms with van der Waals surface area (Å²) in [4.78, 5) is 21.9. The van der Waals surface area contributed by atoms with Crippen molar-refractivity contribution in [1.29, 1.82) is 0 Å². The molecule has 5 nitrogen and oxygen atoms in total. The quantitative estimate of drug-likeness (QED) is 0.522. The van der Waals surface area contributed by atoms with Crippen molar-refractivity contribution in [3.63, 3.8) is 0 Å². The van der Waals surface area contributed by atoms with Gasteiger partial charge in [0.25, 0.3) is 0 Å². The molecule has 1 N–H and O–H groups in total. The third kappa shape index (κ3) is 5.04. The van der Waals surface area contributed by atoms with Crippen LogP contribution < -0.4 is 5.32 Å². The molecule has 0 unspecified atom stereocenters. The molecule has 0 rings (SSSR count). The molecule has 0 saturated heterocycles. The molecule has 0 aromatic rings. The Morgan fingerprint density at radius 3 is 2.64 bits per heavy atom. The Balaban J connectivity index is 3.82. The minimum absolute atomic E-state index is 0.124. The maximum atomic E-state index is 11.0. The summed E-state index contributed by atoms with van der Waals surface area (Å²) >= 11 is 0. The van der Waals surface area contributed by atoms with Crippen LogP contribution in [0.4, 0.5) is 4.79 Å². The van der Waals surface area contributed by atoms with Crippen LogP contribution >= 0.6 is 0 Å². The van der Waals surface area contributed by atoms with Crippen LogP contribution in [0.25, 0.3) is 0 Å². The number of ether oxygens (including phenoxy) is 2. The molecule has 78 valence electrons. The van der Waals surface area contributed by atoms with E-state index in [1.807, 2.05) is 0 Å². The van der Waals surface area contributed by atoms with Crippen molar-refractivity contribution in [2.45, 2.75) is 19.9 Å². The number of amides is 1. The first-order valence-electron chi connectivity index (χ1n) is 4.15. The van der Waals surface area contributed by atoms with E-state index in [4.69, 9.17) is 6.42 Å². The van der Waals surface area contributed by atoms with Gasteiger partial charge in [-0.1, -0.05) is 5.92 Å². The predicted octanol–water partition coefficient (Wildman–Crippen LogP) is 0.297. The van der Waals surface area contributed by atoms with Crippen molar-refractivity contribution < 1.29 is 19.1 Å². The highest BCUT2D eigenvalue weighted by Crippen LogP contribution is 1.89. The zero-order valence-electron chi connectivity index (χ0n) is 8.20. The number of hydrogen-bond acceptors (Lipinski definition) is 4. The Kier molecular flexibility index (Phi) is 5.95. The minimum atomic E-state index is -0.736. The zero-order valence-corrected chi connectivity index (χ0v) is 8.20. The topological polar surface area (TPSA) is 64.6 Å². The second kappa shape index (κ2) is 6.78. The molecule has 0 aliphatic rings. The third-order valence-electron chi connectivity index (χ3n) is 1.26. The largest absolute Gasteiger partial charge is 0.464 e. The number of carbonyl (C=O) groups is 2. The fraction of sp³-hybridized carbons (Fsp3) is 0.556. The fourth-order valence-corrected chi connectivity index (χ4v) is 0.652. The van der Waals surface area contributed by atoms with Gasteiger partial charge in [0.2, 0.25) is 0 Å². The van der Waals surface area contributed by atoms with Gasteiger partial charge in [-0.05, 0) is 13.8 Å². The summed E-state index contributed by atoms with van der Waals surface area (Å²) in [7, 11) is 0. The van der Waals surface area contributed by atoms with E-state index in [-0.39, 0.29) is 13.2 Å². The molecule has 0 aromatic heterocycles. The van der Waals surface area contributed by atoms with Gasteiger partial charge in [-0.15, -0.1) is 6.42 Å². The second-order valence-electron chi connectivity index (χ2n) is 2.40. The lowest BCUT2D eigenvalue weighted by Gasteiger charge is -2.11. The highest BCUT2D eigenvalue weighted by molar-refractivity contribution is 5.80. The maximum Gasteiger partial charge on any atom is 0.408 e. The van der Waals surface area contributed by atoms with Crippen LogP contribution in [-0.4, -0.2) is 31.3 Å². The first-order valence-corrected chi connectivity index (χ1v) is 4.15. The van der Waals surface area contributed by atoms with E-state index in [2.05, 4.69) is 20.7 Å². The van der Waals surface area contributed by atoms with E-state index in [1.165, 1.54) is 6.92 Å². The Morgan fingerprint density at radius 2 is 2.14 bits per heavy atom. The van der Waals surface area contributed by atoms with Gasteiger partial charge in [0.05, 0.1) is 6.61 Å². The van der Waals surface area contributed by atoms with Gasteiger partial charge in [0, 0.05) is 0 Å². The molecular weight excluding hydrogens is 186 g/mol. The molecule has 0 bridgehead atoms. The summed E-state index contributed by atoms with van der Waals surface area (Å²) in [6, 6.07) is -0.736. The van der Waals surface area contributed by atoms with Gasteiger partial charge in [0.1, 0.15) is 6.04 Å². The van der Waals surface area contributed by atoms with Crippen LogP contribution in [0, 0.1) is 12.3 Å². The summed E-state index contributed by atoms with van der Waals surface area (Å²) in [5.74, 6) is 1.62. The van der Waals surface area contributed by atoms with Gasteiger partial charge in [-0.2, -0.15) is 0 Å². The molecule has 0 heterocycles. The Hall–Kier alpha value is -1.70. The zero-order chi connectivity index (χ0) is 11.0. The monoisotopic (exact) mass is 199 g/mol. The molecule has 0 fully saturated rings. The lowest BCUT2D eigenvalue weighted by Crippen LogP contribution is -2.39. The molecule has 0 spiro atoms. The normalized spacial score (nSPS) is 10.9. The van der Waals surface area contributed by atoms with E-state index >= 15 is 0 Å². The van der Waals surface area contributed by atoms with Crippen LogP contribution in [0.2, 0.25) is 0 Å². The molecule has 1 amide bonds. The first-order chi connectivity index (χ1) is 6.61. The van der Waals surface area contributed by atoms with Crippen molar-refractivity contribution in [1.82, 2.24) is 5.32 Å². The summed E-state index contributed by atoms with van der Waals surface area (Å²) in [6.45, 7) is 3.32. The van der Waals surface area contributed by atoms with E-state index in [9.17, 15) is 9.59 Å². The SMILES string of the molecule is C#CCOC(=O)N[C@@H](C)C(=O)OCC. The average Bonchev–Trinajstić information content (AvgIpc) is 2.15. The second-order valence-corrected chi connectivity index (χ2v) is 2.40. The molecule has 0 aliphatic carbocycles. The fourth-order valence-electron chi connectivity index (χ4n) is 0.652. The molecule has 0 saturated carbocycles. The van der Waals surface area contributed by atoms with Gasteiger partial charge in [0.15, 0.2) is 6.61 Å². The van der Waals surface area contributed by atoms with E-state index in [0.29, 0.717) is 0 Å². The predicted molar refractivity (Wildman–Crippen MR) is 49.4 cm³/mol. The standard InChI is InChI=1S/C9H13NO4/c1-4-6-14-9(12)10-7(3)8(11)13-5-2/h1,7H,5-6H2,2-3H3,(H,10,12)/t7-/m0/s1. The van der Waals surface area contributed by atoms with Crippen LogP contribution in [0.5, 0.6) is 0 Å². The Morgan fingerprint density at radius 1 is 1.50 bits per heavy atom. The van der Waals surface area contributed by atoms with Gasteiger partial charge in [-0.3, -0.25) is 0 Å². The van der Waals surface area contributed by atoms with Crippen molar-refractivity contribution in [3.8, 4) is 12.3 Å². The number of hydrogen-bond donors (Lipinski definition) is 1. The van der Waals surface area contributed by atoms with Gasteiger partial charge in [-0.25, -0.2) is 9.59 Å². The van der Waals surface area contributed by atoms with Gasteiger partial charge >= 0.3 is 12.1 Å². The van der Waals surface area contributed by atoms with Crippen LogP contribution in [0.15, 0.2) is 0 Å². The molecule has 0 radical (unpaired) electrons. The van der Waals surface area contributed by atoms with E-state index in [0.717, 1.165) is 0 Å². The summed E-state index contributed by atoms with van der Waals surface area (Å²) < 4.78 is 9.16. The summed E-state index contributed by atoms with van der Waals surface area (Å²) in [5.41, 5.74) is 0. The average molecular weight is 199 g/mol. The lowest BCUT2D eigenvalue weighted by atomic mass is 10.3. The molecule has 0 aromatic carbocycles. The number of carbonyl (C=O) groups excluding carboxylic acids is 2. The lowest BCUT2D eigenvalue weighted by molar-refractivity contribution is -0.145. The van der Waals surface area contributed by atoms with Crippen molar-refractivity contribution in [2.24, 2.45) is 0 Å². The minimum Gasteiger partial charge on any atom is -0.464 e. The molecule has 0 aliphatic heterocycles. The number of nitrogens with one attached hydrogen (secondary N) is 1. The summed E-state index contributed by atoms with van der Waals surface area (Å²) in [6.07, 6.45) is 4.14. The van der Waals surface area contributed by atoms with Crippen molar-refractivity contribution in [2.75, 3.05) is 13.2 Å². The maximum absolute atomic E-state index is 11.0. The van der Waals surface area contributed by atoms with Gasteiger partial charge < -0.3 is 14.8 Å². The molecular formula is C9H13NO4. The smallest absolute Gasteiger partial charge is 0.408 e. The molecule has 14 heavy (non-hydrogen) atoms. The van der Waals surface area contributed by atoms with E-state index in [1.54, 1.807) is 6.92 Å². The van der Waals surface area contributed by atoms with Crippen molar-refractivity contribution in [3.05, 3.63) is 0 Å². The third-order valence-corrected chi connectivity index (χ3v) is 1.26. The Bertz CT molecular complexity index is 244. The number of terminal acetylenes is 1. The molecule has 1 atom stereocenters. The number of rotatable bonds is 4. The Labute approximate surface area is 82.8 Å². The number of alkyl carbamates (subject to hydrolysis) is 1. The number of esters is 1.